The van der Waals surface area contributed by atoms with Crippen LogP contribution in [0.25, 0.3) is 5.65 Å². The molecule has 0 spiro atoms. The summed E-state index contributed by atoms with van der Waals surface area (Å²) in [6, 6.07) is 1.74. The molecule has 2 atom stereocenters. The van der Waals surface area contributed by atoms with Crippen molar-refractivity contribution in [1.29, 1.82) is 0 Å². The Hall–Kier alpha value is -3.81. The van der Waals surface area contributed by atoms with Crippen molar-refractivity contribution in [3.8, 4) is 5.88 Å². The molecule has 49 heavy (non-hydrogen) atoms. The van der Waals surface area contributed by atoms with Gasteiger partial charge in [0.1, 0.15) is 29.2 Å². The summed E-state index contributed by atoms with van der Waals surface area (Å²) in [5, 5.41) is 7.90. The van der Waals surface area contributed by atoms with Crippen LogP contribution >= 0.6 is 0 Å². The summed E-state index contributed by atoms with van der Waals surface area (Å²) in [6.45, 7) is 19.2. The number of likely N-dealkylation sites (tertiary alicyclic amines) is 2. The molecule has 0 radical (unpaired) electrons. The molecule has 5 rings (SSSR count). The highest BCUT2D eigenvalue weighted by Gasteiger charge is 2.34. The molecular weight excluding hydrogens is 630 g/mol. The molecule has 0 aromatic carbocycles. The number of nitrogens with zero attached hydrogens (tertiary/aromatic N) is 6. The van der Waals surface area contributed by atoms with Gasteiger partial charge < -0.3 is 34.1 Å². The van der Waals surface area contributed by atoms with Gasteiger partial charge in [0.2, 0.25) is 5.88 Å². The van der Waals surface area contributed by atoms with Crippen LogP contribution in [0.4, 0.5) is 20.2 Å². The Morgan fingerprint density at radius 2 is 1.65 bits per heavy atom. The summed E-state index contributed by atoms with van der Waals surface area (Å²) in [5.74, 6) is 1.03. The molecule has 2 aromatic heterocycles. The number of hydrogen-bond acceptors (Lipinski definition) is 10. The van der Waals surface area contributed by atoms with Crippen LogP contribution in [0, 0.1) is 5.92 Å². The third-order valence-corrected chi connectivity index (χ3v) is 8.88. The van der Waals surface area contributed by atoms with Gasteiger partial charge in [0.15, 0.2) is 5.65 Å². The predicted octanol–water partition coefficient (Wildman–Crippen LogP) is 5.58. The van der Waals surface area contributed by atoms with Gasteiger partial charge in [0.05, 0.1) is 12.7 Å². The van der Waals surface area contributed by atoms with Gasteiger partial charge >= 0.3 is 18.3 Å². The van der Waals surface area contributed by atoms with Crippen molar-refractivity contribution >= 4 is 29.7 Å². The molecule has 3 aliphatic rings. The van der Waals surface area contributed by atoms with Gasteiger partial charge in [-0.15, -0.1) is 0 Å². The van der Waals surface area contributed by atoms with Gasteiger partial charge in [-0.25, -0.2) is 14.4 Å². The van der Waals surface area contributed by atoms with Crippen molar-refractivity contribution in [3.05, 3.63) is 17.8 Å². The summed E-state index contributed by atoms with van der Waals surface area (Å²) >= 11 is 0. The standard InChI is InChI=1S/C35H55N7O7/c1-23(2)27-20-37-42-29(18-28(38-30(27)42)46-26-10-9-15-40(22-26)32(44)48-34(3,4)5)41(33(45)49-35(6,7)8)21-24-12-16-39(17-13-24)31(43)47-25-11-14-36-19-25/h18,20,23-26,36H,9-17,19,21-22H2,1-8H3. The first-order chi connectivity index (χ1) is 23.1. The zero-order valence-corrected chi connectivity index (χ0v) is 30.5. The van der Waals surface area contributed by atoms with E-state index in [0.717, 1.165) is 31.4 Å². The fourth-order valence-corrected chi connectivity index (χ4v) is 6.38. The molecule has 2 aromatic rings. The van der Waals surface area contributed by atoms with E-state index < -0.39 is 17.3 Å². The molecule has 0 aliphatic carbocycles. The number of carbonyl (C=O) groups excluding carboxylic acids is 3. The fourth-order valence-electron chi connectivity index (χ4n) is 6.38. The van der Waals surface area contributed by atoms with Crippen LogP contribution in [0.1, 0.15) is 99.0 Å². The Balaban J connectivity index is 1.39. The van der Waals surface area contributed by atoms with E-state index in [4.69, 9.17) is 23.9 Å². The maximum absolute atomic E-state index is 14.0. The molecule has 2 unspecified atom stereocenters. The molecular formula is C35H55N7O7. The van der Waals surface area contributed by atoms with Crippen LogP contribution in [0.2, 0.25) is 0 Å². The molecule has 3 fully saturated rings. The number of aromatic nitrogens is 3. The highest BCUT2D eigenvalue weighted by molar-refractivity contribution is 5.87. The number of rotatable bonds is 7. The minimum Gasteiger partial charge on any atom is -0.472 e. The van der Waals surface area contributed by atoms with Gasteiger partial charge in [-0.1, -0.05) is 13.8 Å². The van der Waals surface area contributed by atoms with E-state index >= 15 is 0 Å². The minimum absolute atomic E-state index is 0.0859. The Morgan fingerprint density at radius 3 is 2.29 bits per heavy atom. The lowest BCUT2D eigenvalue weighted by Crippen LogP contribution is -2.46. The normalized spacial score (nSPS) is 20.8. The van der Waals surface area contributed by atoms with Crippen molar-refractivity contribution in [2.45, 2.75) is 117 Å². The van der Waals surface area contributed by atoms with Crippen molar-refractivity contribution in [2.75, 3.05) is 50.7 Å². The van der Waals surface area contributed by atoms with Crippen LogP contribution < -0.4 is 15.0 Å². The Morgan fingerprint density at radius 1 is 0.939 bits per heavy atom. The third-order valence-electron chi connectivity index (χ3n) is 8.88. The summed E-state index contributed by atoms with van der Waals surface area (Å²) < 4.78 is 25.4. The van der Waals surface area contributed by atoms with Crippen LogP contribution in [-0.4, -0.2) is 112 Å². The first-order valence-electron chi connectivity index (χ1n) is 17.8. The zero-order valence-electron chi connectivity index (χ0n) is 30.5. The number of amides is 3. The smallest absolute Gasteiger partial charge is 0.416 e. The average molecular weight is 686 g/mol. The molecule has 1 N–H and O–H groups in total. The lowest BCUT2D eigenvalue weighted by atomic mass is 9.96. The summed E-state index contributed by atoms with van der Waals surface area (Å²) in [7, 11) is 0. The average Bonchev–Trinajstić information content (AvgIpc) is 3.68. The molecule has 3 aliphatic heterocycles. The summed E-state index contributed by atoms with van der Waals surface area (Å²) in [4.78, 5) is 49.6. The van der Waals surface area contributed by atoms with Crippen LogP contribution in [-0.2, 0) is 14.2 Å². The van der Waals surface area contributed by atoms with E-state index in [0.29, 0.717) is 69.5 Å². The molecule has 14 nitrogen and oxygen atoms in total. The molecule has 0 saturated carbocycles. The largest absolute Gasteiger partial charge is 0.472 e. The van der Waals surface area contributed by atoms with Crippen molar-refractivity contribution < 1.29 is 33.3 Å². The minimum atomic E-state index is -0.733. The van der Waals surface area contributed by atoms with E-state index in [9.17, 15) is 14.4 Å². The highest BCUT2D eigenvalue weighted by atomic mass is 16.6. The van der Waals surface area contributed by atoms with Gasteiger partial charge in [0.25, 0.3) is 0 Å². The Kier molecular flexibility index (Phi) is 11.1. The molecule has 0 bridgehead atoms. The van der Waals surface area contributed by atoms with E-state index in [2.05, 4.69) is 24.3 Å². The van der Waals surface area contributed by atoms with E-state index in [1.54, 1.807) is 31.5 Å². The SMILES string of the molecule is CC(C)c1cnn2c(N(CC3CCN(C(=O)OC4CCNC4)CC3)C(=O)OC(C)(C)C)cc(OC3CCCN(C(=O)OC(C)(C)C)C3)nc12. The number of nitrogens with one attached hydrogen (secondary N) is 1. The van der Waals surface area contributed by atoms with Crippen molar-refractivity contribution in [2.24, 2.45) is 5.92 Å². The Bertz CT molecular complexity index is 1470. The highest BCUT2D eigenvalue weighted by Crippen LogP contribution is 2.31. The topological polar surface area (TPSA) is 140 Å². The second-order valence-corrected chi connectivity index (χ2v) is 15.8. The monoisotopic (exact) mass is 685 g/mol. The molecule has 3 saturated heterocycles. The quantitative estimate of drug-likeness (QED) is 0.367. The van der Waals surface area contributed by atoms with Gasteiger partial charge in [0, 0.05) is 44.4 Å². The lowest BCUT2D eigenvalue weighted by molar-refractivity contribution is 0.00720. The summed E-state index contributed by atoms with van der Waals surface area (Å²) in [5.41, 5.74) is 0.178. The lowest BCUT2D eigenvalue weighted by Gasteiger charge is -2.35. The number of carbonyl (C=O) groups is 3. The van der Waals surface area contributed by atoms with Gasteiger partial charge in [-0.3, -0.25) is 4.90 Å². The van der Waals surface area contributed by atoms with E-state index in [1.807, 2.05) is 41.5 Å². The Labute approximate surface area is 289 Å². The number of anilines is 1. The summed E-state index contributed by atoms with van der Waals surface area (Å²) in [6.07, 6.45) is 3.97. The second kappa shape index (κ2) is 15.0. The molecule has 5 heterocycles. The van der Waals surface area contributed by atoms with Crippen LogP contribution in [0.5, 0.6) is 5.88 Å². The number of ether oxygens (including phenoxy) is 4. The number of hydrogen-bond donors (Lipinski definition) is 1. The number of piperidine rings is 2. The van der Waals surface area contributed by atoms with E-state index in [-0.39, 0.29) is 36.2 Å². The number of fused-ring (bicyclic) bond motifs is 1. The van der Waals surface area contributed by atoms with Gasteiger partial charge in [-0.05, 0) is 92.0 Å². The van der Waals surface area contributed by atoms with E-state index in [1.165, 1.54) is 0 Å². The predicted molar refractivity (Wildman–Crippen MR) is 184 cm³/mol. The van der Waals surface area contributed by atoms with Crippen molar-refractivity contribution in [3.63, 3.8) is 0 Å². The first-order valence-corrected chi connectivity index (χ1v) is 17.8. The van der Waals surface area contributed by atoms with Crippen LogP contribution in [0.3, 0.4) is 0 Å². The molecule has 3 amide bonds. The third kappa shape index (κ3) is 9.67. The maximum Gasteiger partial charge on any atom is 0.416 e. The maximum atomic E-state index is 14.0. The molecule has 272 valence electrons. The first kappa shape index (κ1) is 36.5. The van der Waals surface area contributed by atoms with Gasteiger partial charge in [-0.2, -0.15) is 14.6 Å². The zero-order chi connectivity index (χ0) is 35.5. The van der Waals surface area contributed by atoms with Crippen molar-refractivity contribution in [1.82, 2.24) is 29.7 Å². The van der Waals surface area contributed by atoms with Crippen LogP contribution in [0.15, 0.2) is 12.3 Å². The second-order valence-electron chi connectivity index (χ2n) is 15.8. The molecule has 14 heteroatoms. The fraction of sp³-hybridized carbons (Fsp3) is 0.743.